The lowest BCUT2D eigenvalue weighted by Gasteiger charge is -2.03. The molecule has 0 radical (unpaired) electrons. The van der Waals surface area contributed by atoms with Gasteiger partial charge in [-0.2, -0.15) is 0 Å². The van der Waals surface area contributed by atoms with Gasteiger partial charge in [0.05, 0.1) is 0 Å². The van der Waals surface area contributed by atoms with Gasteiger partial charge in [0.2, 0.25) is 0 Å². The number of likely N-dealkylation sites (N-methyl/N-ethyl adjacent to an activating group) is 1. The molecule has 0 aromatic heterocycles. The fraction of sp³-hybridized carbons (Fsp3) is 0.400. The van der Waals surface area contributed by atoms with E-state index < -0.39 is 11.6 Å². The maximum absolute atomic E-state index is 12.1. The van der Waals surface area contributed by atoms with Crippen LogP contribution in [0, 0.1) is 11.6 Å². The van der Waals surface area contributed by atoms with E-state index in [1.54, 1.807) is 0 Å². The first kappa shape index (κ1) is 13.8. The van der Waals surface area contributed by atoms with E-state index >= 15 is 0 Å². The first-order valence-electron chi connectivity index (χ1n) is 4.52. The Labute approximate surface area is 88.7 Å². The van der Waals surface area contributed by atoms with Crippen LogP contribution in [0.4, 0.5) is 14.5 Å². The van der Waals surface area contributed by atoms with Crippen LogP contribution in [0.25, 0.3) is 0 Å². The molecule has 0 atom stereocenters. The van der Waals surface area contributed by atoms with E-state index in [1.165, 1.54) is 0 Å². The minimum absolute atomic E-state index is 0.104. The number of anilines is 1. The number of hydrogen-bond donors (Lipinski definition) is 2. The number of nitrogens with zero attached hydrogens (tertiary/aromatic N) is 1. The molecule has 0 saturated carbocycles. The topological polar surface area (TPSA) is 55.3 Å². The lowest BCUT2D eigenvalue weighted by Crippen LogP contribution is -2.20. The molecular weight excluding hydrogens is 200 g/mol. The van der Waals surface area contributed by atoms with E-state index in [0.717, 1.165) is 31.3 Å². The summed E-state index contributed by atoms with van der Waals surface area (Å²) in [6.07, 6.45) is 0. The predicted octanol–water partition coefficient (Wildman–Crippen LogP) is 1.05. The monoisotopic (exact) mass is 217 g/mol. The van der Waals surface area contributed by atoms with Crippen molar-refractivity contribution in [1.29, 1.82) is 0 Å². The molecular formula is C10H17F2N3. The number of benzene rings is 1. The van der Waals surface area contributed by atoms with Gasteiger partial charge >= 0.3 is 0 Å². The lowest BCUT2D eigenvalue weighted by atomic mass is 10.3. The van der Waals surface area contributed by atoms with Crippen LogP contribution in [0.15, 0.2) is 18.2 Å². The van der Waals surface area contributed by atoms with E-state index in [4.69, 9.17) is 11.5 Å². The van der Waals surface area contributed by atoms with Crippen LogP contribution >= 0.6 is 0 Å². The Balaban J connectivity index is 0.000000288. The van der Waals surface area contributed by atoms with Crippen LogP contribution in [0.5, 0.6) is 0 Å². The summed E-state index contributed by atoms with van der Waals surface area (Å²) in [6.45, 7) is 1.74. The summed E-state index contributed by atoms with van der Waals surface area (Å²) in [5.41, 5.74) is 10.4. The smallest absolute Gasteiger partial charge is 0.128 e. The van der Waals surface area contributed by atoms with Crippen molar-refractivity contribution in [2.75, 3.05) is 32.9 Å². The van der Waals surface area contributed by atoms with Gasteiger partial charge in [-0.1, -0.05) is 0 Å². The van der Waals surface area contributed by atoms with Crippen molar-refractivity contribution in [2.45, 2.75) is 0 Å². The molecule has 0 bridgehead atoms. The number of rotatable bonds is 2. The Morgan fingerprint density at radius 2 is 1.60 bits per heavy atom. The Hall–Kier alpha value is -1.20. The van der Waals surface area contributed by atoms with E-state index in [9.17, 15) is 8.78 Å². The standard InChI is InChI=1S/C6H5F2N.C4H12N2/c7-4-1-5(8)3-6(9)2-4;1-6(2)4-3-5/h1-3H,9H2;3-5H2,1-2H3. The second-order valence-electron chi connectivity index (χ2n) is 3.29. The fourth-order valence-electron chi connectivity index (χ4n) is 0.833. The highest BCUT2D eigenvalue weighted by Gasteiger charge is 1.94. The second kappa shape index (κ2) is 7.14. The zero-order valence-corrected chi connectivity index (χ0v) is 9.00. The van der Waals surface area contributed by atoms with Crippen LogP contribution in [0.2, 0.25) is 0 Å². The van der Waals surface area contributed by atoms with Gasteiger partial charge in [0.1, 0.15) is 11.6 Å². The summed E-state index contributed by atoms with van der Waals surface area (Å²) >= 11 is 0. The summed E-state index contributed by atoms with van der Waals surface area (Å²) < 4.78 is 24.2. The normalized spacial score (nSPS) is 9.73. The average Bonchev–Trinajstić information content (AvgIpc) is 2.00. The highest BCUT2D eigenvalue weighted by Crippen LogP contribution is 2.07. The molecule has 0 fully saturated rings. The van der Waals surface area contributed by atoms with Gasteiger partial charge in [-0.05, 0) is 26.2 Å². The van der Waals surface area contributed by atoms with Gasteiger partial charge in [-0.15, -0.1) is 0 Å². The van der Waals surface area contributed by atoms with Crippen molar-refractivity contribution >= 4 is 5.69 Å². The van der Waals surface area contributed by atoms with Crippen LogP contribution in [-0.2, 0) is 0 Å². The van der Waals surface area contributed by atoms with Crippen LogP contribution in [-0.4, -0.2) is 32.1 Å². The Morgan fingerprint density at radius 3 is 1.80 bits per heavy atom. The molecule has 15 heavy (non-hydrogen) atoms. The van der Waals surface area contributed by atoms with Crippen molar-refractivity contribution in [2.24, 2.45) is 5.73 Å². The number of nitrogens with two attached hydrogens (primary N) is 2. The minimum Gasteiger partial charge on any atom is -0.399 e. The molecule has 86 valence electrons. The Bertz CT molecular complexity index is 240. The molecule has 0 spiro atoms. The van der Waals surface area contributed by atoms with Crippen LogP contribution in [0.1, 0.15) is 0 Å². The van der Waals surface area contributed by atoms with E-state index in [1.807, 2.05) is 14.1 Å². The minimum atomic E-state index is -0.646. The molecule has 0 aliphatic carbocycles. The van der Waals surface area contributed by atoms with E-state index in [2.05, 4.69) is 4.90 Å². The number of nitrogen functional groups attached to an aromatic ring is 1. The van der Waals surface area contributed by atoms with E-state index in [0.29, 0.717) is 0 Å². The SMILES string of the molecule is CN(C)CCN.Nc1cc(F)cc(F)c1. The van der Waals surface area contributed by atoms with Crippen molar-refractivity contribution < 1.29 is 8.78 Å². The zero-order valence-electron chi connectivity index (χ0n) is 9.00. The molecule has 0 unspecified atom stereocenters. The quantitative estimate of drug-likeness (QED) is 0.728. The Morgan fingerprint density at radius 1 is 1.13 bits per heavy atom. The molecule has 0 aliphatic rings. The van der Waals surface area contributed by atoms with Gasteiger partial charge in [0.25, 0.3) is 0 Å². The van der Waals surface area contributed by atoms with Crippen molar-refractivity contribution in [3.63, 3.8) is 0 Å². The van der Waals surface area contributed by atoms with Crippen molar-refractivity contribution in [3.05, 3.63) is 29.8 Å². The molecule has 0 aliphatic heterocycles. The highest BCUT2D eigenvalue weighted by atomic mass is 19.1. The lowest BCUT2D eigenvalue weighted by molar-refractivity contribution is 0.420. The molecule has 1 rings (SSSR count). The second-order valence-corrected chi connectivity index (χ2v) is 3.29. The third kappa shape index (κ3) is 7.84. The van der Waals surface area contributed by atoms with Crippen molar-refractivity contribution in [3.8, 4) is 0 Å². The molecule has 0 amide bonds. The number of halogens is 2. The summed E-state index contributed by atoms with van der Waals surface area (Å²) in [5.74, 6) is -1.29. The van der Waals surface area contributed by atoms with Crippen molar-refractivity contribution in [1.82, 2.24) is 4.90 Å². The van der Waals surface area contributed by atoms with E-state index in [-0.39, 0.29) is 5.69 Å². The van der Waals surface area contributed by atoms with Gasteiger partial charge in [-0.25, -0.2) is 8.78 Å². The number of hydrogen-bond acceptors (Lipinski definition) is 3. The maximum Gasteiger partial charge on any atom is 0.128 e. The van der Waals surface area contributed by atoms with Crippen LogP contribution in [0.3, 0.4) is 0 Å². The molecule has 4 N–H and O–H groups in total. The van der Waals surface area contributed by atoms with Gasteiger partial charge in [0.15, 0.2) is 0 Å². The fourth-order valence-corrected chi connectivity index (χ4v) is 0.833. The Kier molecular flexibility index (Phi) is 6.57. The first-order chi connectivity index (χ1) is 6.95. The molecule has 1 aromatic carbocycles. The first-order valence-corrected chi connectivity index (χ1v) is 4.52. The molecule has 0 saturated heterocycles. The molecule has 0 heterocycles. The highest BCUT2D eigenvalue weighted by molar-refractivity contribution is 5.37. The molecule has 1 aromatic rings. The summed E-state index contributed by atoms with van der Waals surface area (Å²) in [7, 11) is 4.01. The maximum atomic E-state index is 12.1. The largest absolute Gasteiger partial charge is 0.399 e. The summed E-state index contributed by atoms with van der Waals surface area (Å²) in [5, 5.41) is 0. The van der Waals surface area contributed by atoms with Gasteiger partial charge in [0, 0.05) is 24.8 Å². The van der Waals surface area contributed by atoms with Gasteiger partial charge < -0.3 is 16.4 Å². The average molecular weight is 217 g/mol. The summed E-state index contributed by atoms with van der Waals surface area (Å²) in [4.78, 5) is 2.06. The van der Waals surface area contributed by atoms with Crippen LogP contribution < -0.4 is 11.5 Å². The zero-order chi connectivity index (χ0) is 11.8. The predicted molar refractivity (Wildman–Crippen MR) is 58.4 cm³/mol. The molecule has 5 heteroatoms. The van der Waals surface area contributed by atoms with Gasteiger partial charge in [-0.3, -0.25) is 0 Å². The third-order valence-electron chi connectivity index (χ3n) is 1.46. The summed E-state index contributed by atoms with van der Waals surface area (Å²) in [6, 6.07) is 2.89. The third-order valence-corrected chi connectivity index (χ3v) is 1.46. The molecule has 3 nitrogen and oxygen atoms in total.